The van der Waals surface area contributed by atoms with Gasteiger partial charge in [0.15, 0.2) is 0 Å². The van der Waals surface area contributed by atoms with E-state index in [0.29, 0.717) is 11.3 Å². The Morgan fingerprint density at radius 2 is 1.75 bits per heavy atom. The van der Waals surface area contributed by atoms with Crippen LogP contribution >= 0.6 is 0 Å². The maximum absolute atomic E-state index is 11.2. The topological polar surface area (TPSA) is 20.2 Å². The third-order valence-electron chi connectivity index (χ3n) is 6.42. The highest BCUT2D eigenvalue weighted by Gasteiger charge is 2.69. The molecule has 0 aromatic carbocycles. The molecule has 0 saturated heterocycles. The molecule has 0 unspecified atom stereocenters. The summed E-state index contributed by atoms with van der Waals surface area (Å²) in [5.41, 5.74) is 0.211. The lowest BCUT2D eigenvalue weighted by atomic mass is 9.52. The van der Waals surface area contributed by atoms with Crippen molar-refractivity contribution in [1.29, 1.82) is 0 Å². The van der Waals surface area contributed by atoms with Gasteiger partial charge in [-0.2, -0.15) is 0 Å². The first kappa shape index (κ1) is 11.1. The molecular formula is C15H26O. The molecule has 0 heterocycles. The van der Waals surface area contributed by atoms with Gasteiger partial charge in [-0.3, -0.25) is 0 Å². The Hall–Kier alpha value is -0.0400. The summed E-state index contributed by atoms with van der Waals surface area (Å²) in [5, 5.41) is 11.2. The fraction of sp³-hybridized carbons (Fsp3) is 1.00. The molecule has 3 aliphatic rings. The second-order valence-electron chi connectivity index (χ2n) is 7.85. The van der Waals surface area contributed by atoms with Crippen molar-refractivity contribution >= 4 is 0 Å². The monoisotopic (exact) mass is 222 g/mol. The fourth-order valence-corrected chi connectivity index (χ4v) is 5.91. The summed E-state index contributed by atoms with van der Waals surface area (Å²) in [6, 6.07) is 0. The van der Waals surface area contributed by atoms with Crippen molar-refractivity contribution in [2.75, 3.05) is 0 Å². The smallest absolute Gasteiger partial charge is 0.0737 e. The Balaban J connectivity index is 2.11. The Kier molecular flexibility index (Phi) is 1.98. The van der Waals surface area contributed by atoms with Crippen LogP contribution in [-0.2, 0) is 0 Å². The second-order valence-corrected chi connectivity index (χ2v) is 7.85. The first-order valence-corrected chi connectivity index (χ1v) is 7.03. The number of rotatable bonds is 0. The van der Waals surface area contributed by atoms with Crippen LogP contribution in [0.5, 0.6) is 0 Å². The van der Waals surface area contributed by atoms with E-state index < -0.39 is 0 Å². The quantitative estimate of drug-likeness (QED) is 0.664. The molecule has 3 rings (SSSR count). The average Bonchev–Trinajstić information content (AvgIpc) is 2.28. The molecule has 0 aliphatic heterocycles. The SMILES string of the molecule is C[C@H]1CC[C@@]2(O)[C@H]3[C@@H]1CC[C@]2(C)CC3(C)C. The predicted molar refractivity (Wildman–Crippen MR) is 66.1 cm³/mol. The third-order valence-corrected chi connectivity index (χ3v) is 6.42. The van der Waals surface area contributed by atoms with Gasteiger partial charge in [0, 0.05) is 0 Å². The van der Waals surface area contributed by atoms with E-state index in [4.69, 9.17) is 0 Å². The Morgan fingerprint density at radius 1 is 1.06 bits per heavy atom. The predicted octanol–water partition coefficient (Wildman–Crippen LogP) is 3.61. The van der Waals surface area contributed by atoms with E-state index in [1.54, 1.807) is 0 Å². The summed E-state index contributed by atoms with van der Waals surface area (Å²) in [5.74, 6) is 2.17. The van der Waals surface area contributed by atoms with E-state index in [-0.39, 0.29) is 11.0 Å². The molecule has 0 aromatic rings. The molecule has 0 spiro atoms. The number of aliphatic hydroxyl groups is 1. The molecule has 3 fully saturated rings. The van der Waals surface area contributed by atoms with Crippen molar-refractivity contribution in [2.45, 2.75) is 65.4 Å². The van der Waals surface area contributed by atoms with Gasteiger partial charge in [-0.15, -0.1) is 0 Å². The van der Waals surface area contributed by atoms with Gasteiger partial charge in [-0.05, 0) is 60.7 Å². The van der Waals surface area contributed by atoms with Gasteiger partial charge in [0.1, 0.15) is 0 Å². The minimum Gasteiger partial charge on any atom is -0.389 e. The van der Waals surface area contributed by atoms with Gasteiger partial charge >= 0.3 is 0 Å². The van der Waals surface area contributed by atoms with Crippen LogP contribution in [0.2, 0.25) is 0 Å². The van der Waals surface area contributed by atoms with Crippen LogP contribution in [0.1, 0.15) is 59.8 Å². The lowest BCUT2D eigenvalue weighted by Crippen LogP contribution is -2.57. The lowest BCUT2D eigenvalue weighted by molar-refractivity contribution is -0.174. The van der Waals surface area contributed by atoms with Gasteiger partial charge in [-0.25, -0.2) is 0 Å². The molecule has 0 aromatic heterocycles. The minimum absolute atomic E-state index is 0.206. The van der Waals surface area contributed by atoms with Crippen LogP contribution in [0.3, 0.4) is 0 Å². The zero-order valence-corrected chi connectivity index (χ0v) is 11.2. The molecular weight excluding hydrogens is 196 g/mol. The molecule has 3 aliphatic carbocycles. The lowest BCUT2D eigenvalue weighted by Gasteiger charge is -2.56. The summed E-state index contributed by atoms with van der Waals surface area (Å²) in [4.78, 5) is 0. The fourth-order valence-electron chi connectivity index (χ4n) is 5.91. The first-order chi connectivity index (χ1) is 7.30. The highest BCUT2D eigenvalue weighted by molar-refractivity contribution is 5.19. The van der Waals surface area contributed by atoms with Crippen molar-refractivity contribution in [3.8, 4) is 0 Å². The largest absolute Gasteiger partial charge is 0.389 e. The summed E-state index contributed by atoms with van der Waals surface area (Å²) >= 11 is 0. The van der Waals surface area contributed by atoms with E-state index in [1.807, 2.05) is 0 Å². The van der Waals surface area contributed by atoms with Crippen LogP contribution in [-0.4, -0.2) is 10.7 Å². The molecule has 5 atom stereocenters. The highest BCUT2D eigenvalue weighted by Crippen LogP contribution is 2.71. The van der Waals surface area contributed by atoms with Crippen molar-refractivity contribution in [3.05, 3.63) is 0 Å². The summed E-state index contributed by atoms with van der Waals surface area (Å²) < 4.78 is 0. The Labute approximate surface area is 99.6 Å². The highest BCUT2D eigenvalue weighted by atomic mass is 16.3. The molecule has 1 nitrogen and oxygen atoms in total. The molecule has 0 radical (unpaired) electrons. The Morgan fingerprint density at radius 3 is 2.44 bits per heavy atom. The van der Waals surface area contributed by atoms with E-state index in [0.717, 1.165) is 18.3 Å². The van der Waals surface area contributed by atoms with Gasteiger partial charge in [-0.1, -0.05) is 27.7 Å². The van der Waals surface area contributed by atoms with Gasteiger partial charge in [0.2, 0.25) is 0 Å². The summed E-state index contributed by atoms with van der Waals surface area (Å²) in [7, 11) is 0. The molecule has 3 saturated carbocycles. The van der Waals surface area contributed by atoms with E-state index in [2.05, 4.69) is 27.7 Å². The third kappa shape index (κ3) is 1.06. The van der Waals surface area contributed by atoms with Crippen molar-refractivity contribution in [3.63, 3.8) is 0 Å². The molecule has 1 heteroatoms. The van der Waals surface area contributed by atoms with Crippen LogP contribution in [0.4, 0.5) is 0 Å². The van der Waals surface area contributed by atoms with Crippen LogP contribution in [0, 0.1) is 28.6 Å². The van der Waals surface area contributed by atoms with E-state index >= 15 is 0 Å². The zero-order chi connectivity index (χ0) is 11.8. The summed E-state index contributed by atoms with van der Waals surface area (Å²) in [6.07, 6.45) is 6.12. The van der Waals surface area contributed by atoms with Gasteiger partial charge in [0.25, 0.3) is 0 Å². The van der Waals surface area contributed by atoms with Crippen LogP contribution in [0.25, 0.3) is 0 Å². The number of hydrogen-bond donors (Lipinski definition) is 1. The summed E-state index contributed by atoms with van der Waals surface area (Å²) in [6.45, 7) is 9.54. The molecule has 92 valence electrons. The first-order valence-electron chi connectivity index (χ1n) is 7.03. The normalized spacial score (nSPS) is 58.7. The van der Waals surface area contributed by atoms with E-state index in [1.165, 1.54) is 25.7 Å². The zero-order valence-electron chi connectivity index (χ0n) is 11.2. The van der Waals surface area contributed by atoms with Gasteiger partial charge in [0.05, 0.1) is 5.60 Å². The maximum atomic E-state index is 11.2. The van der Waals surface area contributed by atoms with Crippen LogP contribution < -0.4 is 0 Å². The van der Waals surface area contributed by atoms with Crippen molar-refractivity contribution in [2.24, 2.45) is 28.6 Å². The van der Waals surface area contributed by atoms with E-state index in [9.17, 15) is 5.11 Å². The second kappa shape index (κ2) is 2.85. The minimum atomic E-state index is -0.341. The standard InChI is InChI=1S/C15H26O/c1-10-5-8-15(16)12-11(10)6-7-14(15,4)9-13(12,2)3/h10-12,16H,5-9H2,1-4H3/t10-,11+,12-,14+,15+/m0/s1. The number of hydrogen-bond acceptors (Lipinski definition) is 1. The van der Waals surface area contributed by atoms with Crippen molar-refractivity contribution in [1.82, 2.24) is 0 Å². The average molecular weight is 222 g/mol. The van der Waals surface area contributed by atoms with Crippen molar-refractivity contribution < 1.29 is 5.11 Å². The maximum Gasteiger partial charge on any atom is 0.0737 e. The molecule has 4 bridgehead atoms. The molecule has 0 amide bonds. The Bertz CT molecular complexity index is 321. The molecule has 1 N–H and O–H groups in total. The van der Waals surface area contributed by atoms with Gasteiger partial charge < -0.3 is 5.11 Å². The molecule has 16 heavy (non-hydrogen) atoms. The van der Waals surface area contributed by atoms with Crippen LogP contribution in [0.15, 0.2) is 0 Å².